The van der Waals surface area contributed by atoms with Gasteiger partial charge < -0.3 is 9.47 Å². The molecule has 0 radical (unpaired) electrons. The average Bonchev–Trinajstić information content (AvgIpc) is 2.86. The number of unbranched alkanes of at least 4 members (excludes halogenated alkanes) is 7. The Bertz CT molecular complexity index is 816. The minimum absolute atomic E-state index is 0.268. The van der Waals surface area contributed by atoms with E-state index in [2.05, 4.69) is 42.0 Å². The van der Waals surface area contributed by atoms with E-state index in [4.69, 9.17) is 9.47 Å². The smallest absolute Gasteiger partial charge is 0.315 e. The van der Waals surface area contributed by atoms with Crippen molar-refractivity contribution in [1.82, 2.24) is 9.97 Å². The zero-order valence-corrected chi connectivity index (χ0v) is 21.1. The molecule has 0 saturated carbocycles. The minimum atomic E-state index is -0.292. The van der Waals surface area contributed by atoms with E-state index in [1.54, 1.807) is 12.4 Å². The van der Waals surface area contributed by atoms with E-state index in [9.17, 15) is 4.79 Å². The van der Waals surface area contributed by atoms with E-state index in [-0.39, 0.29) is 12.4 Å². The van der Waals surface area contributed by atoms with Crippen molar-refractivity contribution in [3.05, 3.63) is 54.4 Å². The number of aryl methyl sites for hydroxylation is 1. The zero-order chi connectivity index (χ0) is 24.3. The Kier molecular flexibility index (Phi) is 14.6. The molecule has 5 nitrogen and oxygen atoms in total. The minimum Gasteiger partial charge on any atom is -0.423 e. The van der Waals surface area contributed by atoms with Crippen LogP contribution in [0.3, 0.4) is 0 Å². The number of benzene rings is 1. The molecule has 0 amide bonds. The second kappa shape index (κ2) is 17.9. The number of aromatic nitrogens is 2. The Balaban J connectivity index is 1.67. The molecule has 34 heavy (non-hydrogen) atoms. The molecule has 0 aliphatic heterocycles. The van der Waals surface area contributed by atoms with Crippen molar-refractivity contribution >= 4 is 5.97 Å². The number of ether oxygens (including phenoxy) is 2. The summed E-state index contributed by atoms with van der Waals surface area (Å²) in [7, 11) is 0. The van der Waals surface area contributed by atoms with Gasteiger partial charge in [-0.25, -0.2) is 9.97 Å². The number of hydrogen-bond acceptors (Lipinski definition) is 5. The summed E-state index contributed by atoms with van der Waals surface area (Å²) < 4.78 is 10.9. The fraction of sp³-hybridized carbons (Fsp3) is 0.552. The maximum absolute atomic E-state index is 12.0. The van der Waals surface area contributed by atoms with Crippen LogP contribution in [-0.4, -0.2) is 29.2 Å². The van der Waals surface area contributed by atoms with Crippen LogP contribution in [0, 0.1) is 0 Å². The van der Waals surface area contributed by atoms with E-state index in [0.717, 1.165) is 44.5 Å². The number of carbonyl (C=O) groups excluding carboxylic acids is 1. The SMILES string of the molecule is CCCCCCCC=CCC(=O)Oc1cnc(-c2ccc(CCCCCOCCC)cc2)nc1. The van der Waals surface area contributed by atoms with Crippen LogP contribution in [0.1, 0.15) is 90.0 Å². The van der Waals surface area contributed by atoms with Crippen molar-refractivity contribution in [2.45, 2.75) is 90.9 Å². The van der Waals surface area contributed by atoms with Gasteiger partial charge in [0.2, 0.25) is 0 Å². The standard InChI is InChI=1S/C29H42N2O3/c1-3-5-6-7-8-9-10-13-16-28(32)34-27-23-30-29(31-24-27)26-19-17-25(18-20-26)15-12-11-14-22-33-21-4-2/h10,13,17-20,23-24H,3-9,11-12,14-16,21-22H2,1-2H3. The lowest BCUT2D eigenvalue weighted by molar-refractivity contribution is -0.133. The summed E-state index contributed by atoms with van der Waals surface area (Å²) in [6, 6.07) is 8.37. The van der Waals surface area contributed by atoms with Crippen LogP contribution in [0.5, 0.6) is 5.75 Å². The van der Waals surface area contributed by atoms with E-state index in [0.29, 0.717) is 11.6 Å². The van der Waals surface area contributed by atoms with Crippen molar-refractivity contribution in [2.75, 3.05) is 13.2 Å². The van der Waals surface area contributed by atoms with Crippen molar-refractivity contribution < 1.29 is 14.3 Å². The third kappa shape index (κ3) is 12.1. The molecule has 0 bridgehead atoms. The molecular formula is C29H42N2O3. The number of carbonyl (C=O) groups is 1. The quantitative estimate of drug-likeness (QED) is 0.129. The summed E-state index contributed by atoms with van der Waals surface area (Å²) in [6.07, 6.45) is 20.3. The molecule has 2 aromatic rings. The Hall–Kier alpha value is -2.53. The Morgan fingerprint density at radius 2 is 1.56 bits per heavy atom. The number of hydrogen-bond donors (Lipinski definition) is 0. The maximum Gasteiger partial charge on any atom is 0.315 e. The monoisotopic (exact) mass is 466 g/mol. The first-order valence-corrected chi connectivity index (χ1v) is 13.1. The molecular weight excluding hydrogens is 424 g/mol. The first kappa shape index (κ1) is 27.7. The normalized spacial score (nSPS) is 11.2. The Morgan fingerprint density at radius 3 is 2.29 bits per heavy atom. The highest BCUT2D eigenvalue weighted by molar-refractivity contribution is 5.73. The van der Waals surface area contributed by atoms with Gasteiger partial charge in [0.25, 0.3) is 0 Å². The third-order valence-electron chi connectivity index (χ3n) is 5.60. The Morgan fingerprint density at radius 1 is 0.824 bits per heavy atom. The lowest BCUT2D eigenvalue weighted by atomic mass is 10.0. The van der Waals surface area contributed by atoms with E-state index < -0.39 is 0 Å². The number of rotatable bonds is 18. The van der Waals surface area contributed by atoms with Crippen LogP contribution in [-0.2, 0) is 16.0 Å². The summed E-state index contributed by atoms with van der Waals surface area (Å²) >= 11 is 0. The molecule has 2 rings (SSSR count). The Labute approximate surface area is 206 Å². The molecule has 0 aliphatic rings. The van der Waals surface area contributed by atoms with Gasteiger partial charge in [-0.15, -0.1) is 0 Å². The zero-order valence-electron chi connectivity index (χ0n) is 21.1. The topological polar surface area (TPSA) is 61.3 Å². The first-order chi connectivity index (χ1) is 16.7. The fourth-order valence-electron chi connectivity index (χ4n) is 3.63. The molecule has 0 N–H and O–H groups in total. The van der Waals surface area contributed by atoms with Crippen LogP contribution in [0.25, 0.3) is 11.4 Å². The molecule has 0 aliphatic carbocycles. The summed E-state index contributed by atoms with van der Waals surface area (Å²) in [5, 5.41) is 0. The molecule has 0 unspecified atom stereocenters. The molecule has 0 fully saturated rings. The molecule has 1 heterocycles. The second-order valence-electron chi connectivity index (χ2n) is 8.71. The predicted molar refractivity (Wildman–Crippen MR) is 139 cm³/mol. The lowest BCUT2D eigenvalue weighted by Gasteiger charge is -2.06. The lowest BCUT2D eigenvalue weighted by Crippen LogP contribution is -2.07. The molecule has 0 atom stereocenters. The largest absolute Gasteiger partial charge is 0.423 e. The van der Waals surface area contributed by atoms with Gasteiger partial charge in [0.05, 0.1) is 18.8 Å². The summed E-state index contributed by atoms with van der Waals surface area (Å²) in [4.78, 5) is 20.8. The number of allylic oxidation sites excluding steroid dienone is 1. The van der Waals surface area contributed by atoms with Crippen LogP contribution >= 0.6 is 0 Å². The van der Waals surface area contributed by atoms with E-state index in [1.807, 2.05) is 18.2 Å². The summed E-state index contributed by atoms with van der Waals surface area (Å²) in [5.41, 5.74) is 2.27. The second-order valence-corrected chi connectivity index (χ2v) is 8.71. The van der Waals surface area contributed by atoms with Gasteiger partial charge in [0.1, 0.15) is 0 Å². The van der Waals surface area contributed by atoms with Gasteiger partial charge in [-0.2, -0.15) is 0 Å². The maximum atomic E-state index is 12.0. The molecule has 186 valence electrons. The molecule has 1 aromatic heterocycles. The third-order valence-corrected chi connectivity index (χ3v) is 5.60. The summed E-state index contributed by atoms with van der Waals surface area (Å²) in [6.45, 7) is 6.08. The molecule has 0 spiro atoms. The van der Waals surface area contributed by atoms with Crippen LogP contribution in [0.4, 0.5) is 0 Å². The fourth-order valence-corrected chi connectivity index (χ4v) is 3.63. The van der Waals surface area contributed by atoms with Crippen molar-refractivity contribution in [3.8, 4) is 17.1 Å². The van der Waals surface area contributed by atoms with Crippen LogP contribution < -0.4 is 4.74 Å². The molecule has 5 heteroatoms. The van der Waals surface area contributed by atoms with Gasteiger partial charge in [0, 0.05) is 18.8 Å². The average molecular weight is 467 g/mol. The van der Waals surface area contributed by atoms with Crippen LogP contribution in [0.15, 0.2) is 48.8 Å². The molecule has 1 aromatic carbocycles. The van der Waals surface area contributed by atoms with E-state index >= 15 is 0 Å². The van der Waals surface area contributed by atoms with Gasteiger partial charge >= 0.3 is 5.97 Å². The predicted octanol–water partition coefficient (Wildman–Crippen LogP) is 7.50. The van der Waals surface area contributed by atoms with Crippen molar-refractivity contribution in [3.63, 3.8) is 0 Å². The number of esters is 1. The van der Waals surface area contributed by atoms with Gasteiger partial charge in [-0.1, -0.05) is 82.4 Å². The van der Waals surface area contributed by atoms with Crippen molar-refractivity contribution in [2.24, 2.45) is 0 Å². The highest BCUT2D eigenvalue weighted by atomic mass is 16.5. The highest BCUT2D eigenvalue weighted by Crippen LogP contribution is 2.18. The first-order valence-electron chi connectivity index (χ1n) is 13.1. The van der Waals surface area contributed by atoms with Crippen LogP contribution in [0.2, 0.25) is 0 Å². The summed E-state index contributed by atoms with van der Waals surface area (Å²) in [5.74, 6) is 0.712. The van der Waals surface area contributed by atoms with Gasteiger partial charge in [0.15, 0.2) is 11.6 Å². The molecule has 0 saturated heterocycles. The van der Waals surface area contributed by atoms with E-state index in [1.165, 1.54) is 50.5 Å². The van der Waals surface area contributed by atoms with Gasteiger partial charge in [-0.05, 0) is 44.1 Å². The van der Waals surface area contributed by atoms with Crippen molar-refractivity contribution in [1.29, 1.82) is 0 Å². The highest BCUT2D eigenvalue weighted by Gasteiger charge is 2.06. The van der Waals surface area contributed by atoms with Gasteiger partial charge in [-0.3, -0.25) is 4.79 Å². The number of nitrogens with zero attached hydrogens (tertiary/aromatic N) is 2.